The summed E-state index contributed by atoms with van der Waals surface area (Å²) < 4.78 is 11.3. The molecule has 6 heteroatoms. The number of benzene rings is 1. The Hall–Kier alpha value is -2.26. The van der Waals surface area contributed by atoms with Crippen LogP contribution < -0.4 is 14.8 Å². The standard InChI is InChI=1S/C20H27N3O3/c1-14(2)20(3,13-21)22-19(24)12-23-8-4-5-16(23)15-6-7-17-18(11-15)26-10-9-25-17/h6-7,11,14,16H,4-5,8-10,12H2,1-3H3,(H,22,24). The van der Waals surface area contributed by atoms with Gasteiger partial charge in [0.25, 0.3) is 0 Å². The lowest BCUT2D eigenvalue weighted by atomic mass is 9.90. The quantitative estimate of drug-likeness (QED) is 0.877. The van der Waals surface area contributed by atoms with Crippen LogP contribution >= 0.6 is 0 Å². The summed E-state index contributed by atoms with van der Waals surface area (Å²) in [5.41, 5.74) is 0.301. The second-order valence-electron chi connectivity index (χ2n) is 7.55. The van der Waals surface area contributed by atoms with E-state index in [9.17, 15) is 10.1 Å². The van der Waals surface area contributed by atoms with Gasteiger partial charge in [-0.25, -0.2) is 0 Å². The van der Waals surface area contributed by atoms with E-state index in [0.717, 1.165) is 36.4 Å². The van der Waals surface area contributed by atoms with Crippen LogP contribution in [0.15, 0.2) is 18.2 Å². The average Bonchev–Trinajstić information content (AvgIpc) is 3.08. The highest BCUT2D eigenvalue weighted by molar-refractivity contribution is 5.79. The van der Waals surface area contributed by atoms with Crippen molar-refractivity contribution in [2.75, 3.05) is 26.3 Å². The molecule has 1 N–H and O–H groups in total. The molecule has 0 spiro atoms. The number of nitrogens with one attached hydrogen (secondary N) is 1. The Morgan fingerprint density at radius 1 is 1.38 bits per heavy atom. The molecule has 0 aromatic heterocycles. The molecule has 140 valence electrons. The van der Waals surface area contributed by atoms with E-state index < -0.39 is 5.54 Å². The normalized spacial score (nSPS) is 21.9. The number of carbonyl (C=O) groups excluding carboxylic acids is 1. The highest BCUT2D eigenvalue weighted by Crippen LogP contribution is 2.37. The molecule has 0 aliphatic carbocycles. The number of likely N-dealkylation sites (tertiary alicyclic amines) is 1. The Morgan fingerprint density at radius 2 is 2.12 bits per heavy atom. The van der Waals surface area contributed by atoms with Gasteiger partial charge in [-0.05, 0) is 49.9 Å². The van der Waals surface area contributed by atoms with Gasteiger partial charge in [0, 0.05) is 6.04 Å². The van der Waals surface area contributed by atoms with Crippen LogP contribution in [-0.2, 0) is 4.79 Å². The number of carbonyl (C=O) groups is 1. The minimum absolute atomic E-state index is 0.0450. The van der Waals surface area contributed by atoms with Crippen molar-refractivity contribution >= 4 is 5.91 Å². The number of amides is 1. The second kappa shape index (κ2) is 7.55. The van der Waals surface area contributed by atoms with E-state index in [1.165, 1.54) is 0 Å². The van der Waals surface area contributed by atoms with Crippen molar-refractivity contribution in [3.05, 3.63) is 23.8 Å². The minimum atomic E-state index is -0.844. The van der Waals surface area contributed by atoms with Crippen molar-refractivity contribution < 1.29 is 14.3 Å². The van der Waals surface area contributed by atoms with Gasteiger partial charge in [0.05, 0.1) is 12.6 Å². The maximum Gasteiger partial charge on any atom is 0.235 e. The largest absolute Gasteiger partial charge is 0.486 e. The topological polar surface area (TPSA) is 74.6 Å². The summed E-state index contributed by atoms with van der Waals surface area (Å²) in [6, 6.07) is 8.45. The molecule has 1 aromatic carbocycles. The number of fused-ring (bicyclic) bond motifs is 1. The van der Waals surface area contributed by atoms with Crippen LogP contribution in [0.25, 0.3) is 0 Å². The van der Waals surface area contributed by atoms with Crippen molar-refractivity contribution in [2.45, 2.75) is 45.2 Å². The summed E-state index contributed by atoms with van der Waals surface area (Å²) in [6.45, 7) is 7.97. The smallest absolute Gasteiger partial charge is 0.235 e. The minimum Gasteiger partial charge on any atom is -0.486 e. The third-order valence-electron chi connectivity index (χ3n) is 5.45. The zero-order valence-electron chi connectivity index (χ0n) is 15.7. The fourth-order valence-corrected chi connectivity index (χ4v) is 3.48. The van der Waals surface area contributed by atoms with Gasteiger partial charge in [-0.15, -0.1) is 0 Å². The molecule has 3 rings (SSSR count). The molecular formula is C20H27N3O3. The zero-order valence-corrected chi connectivity index (χ0v) is 15.7. The first-order valence-corrected chi connectivity index (χ1v) is 9.29. The van der Waals surface area contributed by atoms with Crippen molar-refractivity contribution in [1.29, 1.82) is 5.26 Å². The molecule has 1 aromatic rings. The van der Waals surface area contributed by atoms with Gasteiger partial charge in [0.15, 0.2) is 11.5 Å². The fraction of sp³-hybridized carbons (Fsp3) is 0.600. The summed E-state index contributed by atoms with van der Waals surface area (Å²) in [6.07, 6.45) is 2.05. The Balaban J connectivity index is 1.69. The van der Waals surface area contributed by atoms with E-state index in [4.69, 9.17) is 9.47 Å². The molecule has 2 unspecified atom stereocenters. The van der Waals surface area contributed by atoms with E-state index >= 15 is 0 Å². The number of nitrogens with zero attached hydrogens (tertiary/aromatic N) is 2. The predicted molar refractivity (Wildman–Crippen MR) is 98.0 cm³/mol. The first kappa shape index (κ1) is 18.5. The van der Waals surface area contributed by atoms with Gasteiger partial charge >= 0.3 is 0 Å². The Morgan fingerprint density at radius 3 is 2.81 bits per heavy atom. The van der Waals surface area contributed by atoms with Crippen LogP contribution in [0.2, 0.25) is 0 Å². The van der Waals surface area contributed by atoms with E-state index in [-0.39, 0.29) is 17.9 Å². The van der Waals surface area contributed by atoms with Gasteiger partial charge in [0.1, 0.15) is 18.8 Å². The summed E-state index contributed by atoms with van der Waals surface area (Å²) in [4.78, 5) is 14.7. The molecule has 2 atom stereocenters. The predicted octanol–water partition coefficient (Wildman–Crippen LogP) is 2.65. The average molecular weight is 357 g/mol. The Bertz CT molecular complexity index is 713. The molecule has 0 radical (unpaired) electrons. The maximum absolute atomic E-state index is 12.5. The molecule has 2 heterocycles. The van der Waals surface area contributed by atoms with E-state index in [2.05, 4.69) is 22.4 Å². The molecule has 0 bridgehead atoms. The maximum atomic E-state index is 12.5. The third kappa shape index (κ3) is 3.78. The summed E-state index contributed by atoms with van der Waals surface area (Å²) in [5, 5.41) is 12.3. The highest BCUT2D eigenvalue weighted by Gasteiger charge is 2.33. The Kier molecular flexibility index (Phi) is 5.38. The first-order valence-electron chi connectivity index (χ1n) is 9.29. The van der Waals surface area contributed by atoms with Crippen LogP contribution in [0.4, 0.5) is 0 Å². The van der Waals surface area contributed by atoms with Gasteiger partial charge in [-0.2, -0.15) is 5.26 Å². The van der Waals surface area contributed by atoms with Crippen LogP contribution in [0.3, 0.4) is 0 Å². The van der Waals surface area contributed by atoms with Gasteiger partial charge in [-0.1, -0.05) is 19.9 Å². The first-order chi connectivity index (χ1) is 12.4. The molecule has 1 saturated heterocycles. The molecule has 2 aliphatic heterocycles. The molecule has 1 fully saturated rings. The zero-order chi connectivity index (χ0) is 18.7. The lowest BCUT2D eigenvalue weighted by molar-refractivity contribution is -0.124. The number of rotatable bonds is 5. The van der Waals surface area contributed by atoms with Crippen molar-refractivity contribution in [3.63, 3.8) is 0 Å². The van der Waals surface area contributed by atoms with Gasteiger partial charge in [-0.3, -0.25) is 9.69 Å². The Labute approximate surface area is 155 Å². The van der Waals surface area contributed by atoms with Crippen LogP contribution in [0.5, 0.6) is 11.5 Å². The van der Waals surface area contributed by atoms with Crippen LogP contribution in [0, 0.1) is 17.2 Å². The number of hydrogen-bond acceptors (Lipinski definition) is 5. The van der Waals surface area contributed by atoms with Crippen molar-refractivity contribution in [2.24, 2.45) is 5.92 Å². The van der Waals surface area contributed by atoms with E-state index in [0.29, 0.717) is 19.8 Å². The fourth-order valence-electron chi connectivity index (χ4n) is 3.48. The summed E-state index contributed by atoms with van der Waals surface area (Å²) in [7, 11) is 0. The van der Waals surface area contributed by atoms with E-state index in [1.807, 2.05) is 26.0 Å². The second-order valence-corrected chi connectivity index (χ2v) is 7.55. The lowest BCUT2D eigenvalue weighted by Crippen LogP contribution is -2.51. The molecular weight excluding hydrogens is 330 g/mol. The van der Waals surface area contributed by atoms with E-state index in [1.54, 1.807) is 6.92 Å². The molecule has 6 nitrogen and oxygen atoms in total. The molecule has 0 saturated carbocycles. The van der Waals surface area contributed by atoms with Crippen molar-refractivity contribution in [1.82, 2.24) is 10.2 Å². The SMILES string of the molecule is CC(C)C(C)(C#N)NC(=O)CN1CCCC1c1ccc2c(c1)OCCO2. The van der Waals surface area contributed by atoms with Gasteiger partial charge in [0.2, 0.25) is 5.91 Å². The molecule has 1 amide bonds. The third-order valence-corrected chi connectivity index (χ3v) is 5.45. The molecule has 26 heavy (non-hydrogen) atoms. The summed E-state index contributed by atoms with van der Waals surface area (Å²) >= 11 is 0. The van der Waals surface area contributed by atoms with Crippen LogP contribution in [0.1, 0.15) is 45.2 Å². The highest BCUT2D eigenvalue weighted by atomic mass is 16.6. The summed E-state index contributed by atoms with van der Waals surface area (Å²) in [5.74, 6) is 1.50. The van der Waals surface area contributed by atoms with Gasteiger partial charge < -0.3 is 14.8 Å². The number of nitriles is 1. The van der Waals surface area contributed by atoms with Crippen LogP contribution in [-0.4, -0.2) is 42.6 Å². The number of hydrogen-bond donors (Lipinski definition) is 1. The number of ether oxygens (including phenoxy) is 2. The van der Waals surface area contributed by atoms with Crippen molar-refractivity contribution in [3.8, 4) is 17.6 Å². The monoisotopic (exact) mass is 357 g/mol. The lowest BCUT2D eigenvalue weighted by Gasteiger charge is -2.30. The molecule has 2 aliphatic rings.